The lowest BCUT2D eigenvalue weighted by atomic mass is 9.94. The van der Waals surface area contributed by atoms with Gasteiger partial charge in [-0.1, -0.05) is 37.6 Å². The molecular weight excluding hydrogens is 250 g/mol. The second-order valence-electron chi connectivity index (χ2n) is 5.06. The molecule has 1 atom stereocenters. The number of para-hydroxylation sites is 1. The van der Waals surface area contributed by atoms with E-state index in [-0.39, 0.29) is 12.5 Å². The lowest BCUT2D eigenvalue weighted by molar-refractivity contribution is -0.0268. The highest BCUT2D eigenvalue weighted by Gasteiger charge is 2.26. The van der Waals surface area contributed by atoms with Gasteiger partial charge in [-0.2, -0.15) is 0 Å². The monoisotopic (exact) mass is 271 g/mol. The molecular formula is C14H22ClNO2. The van der Waals surface area contributed by atoms with Crippen molar-refractivity contribution >= 4 is 11.6 Å². The van der Waals surface area contributed by atoms with Gasteiger partial charge in [-0.15, -0.1) is 0 Å². The second kappa shape index (κ2) is 6.41. The topological polar surface area (TPSA) is 41.5 Å². The Balaban J connectivity index is 2.84. The van der Waals surface area contributed by atoms with Gasteiger partial charge in [0.05, 0.1) is 10.6 Å². The molecule has 0 bridgehead atoms. The molecule has 0 radical (unpaired) electrons. The Morgan fingerprint density at radius 3 is 2.67 bits per heavy atom. The average molecular weight is 272 g/mol. The fourth-order valence-electron chi connectivity index (χ4n) is 1.43. The van der Waals surface area contributed by atoms with Gasteiger partial charge in [0.2, 0.25) is 0 Å². The molecule has 0 aliphatic carbocycles. The van der Waals surface area contributed by atoms with Gasteiger partial charge >= 0.3 is 0 Å². The van der Waals surface area contributed by atoms with E-state index in [9.17, 15) is 5.11 Å². The summed E-state index contributed by atoms with van der Waals surface area (Å²) < 4.78 is 5.72. The van der Waals surface area contributed by atoms with Crippen molar-refractivity contribution in [2.45, 2.75) is 32.9 Å². The van der Waals surface area contributed by atoms with Gasteiger partial charge in [-0.25, -0.2) is 0 Å². The van der Waals surface area contributed by atoms with Gasteiger partial charge in [0.1, 0.15) is 12.4 Å². The van der Waals surface area contributed by atoms with Crippen LogP contribution in [0.3, 0.4) is 0 Å². The number of rotatable bonds is 6. The molecule has 1 aromatic carbocycles. The Kier molecular flexibility index (Phi) is 5.45. The zero-order valence-corrected chi connectivity index (χ0v) is 12.2. The van der Waals surface area contributed by atoms with Crippen LogP contribution in [0.4, 0.5) is 0 Å². The number of ether oxygens (including phenoxy) is 1. The van der Waals surface area contributed by atoms with Crippen molar-refractivity contribution in [3.63, 3.8) is 0 Å². The fourth-order valence-corrected chi connectivity index (χ4v) is 1.68. The number of aliphatic hydroxyl groups is 1. The molecule has 102 valence electrons. The van der Waals surface area contributed by atoms with Crippen LogP contribution in [-0.2, 0) is 6.54 Å². The molecule has 0 saturated heterocycles. The molecule has 18 heavy (non-hydrogen) atoms. The summed E-state index contributed by atoms with van der Waals surface area (Å²) in [5, 5.41) is 13.8. The summed E-state index contributed by atoms with van der Waals surface area (Å²) in [5.41, 5.74) is 0.125. The number of benzene rings is 1. The van der Waals surface area contributed by atoms with Crippen molar-refractivity contribution in [1.82, 2.24) is 5.32 Å². The van der Waals surface area contributed by atoms with Crippen LogP contribution in [0.25, 0.3) is 0 Å². The van der Waals surface area contributed by atoms with Crippen LogP contribution in [0.15, 0.2) is 18.2 Å². The Bertz CT molecular complexity index is 391. The highest BCUT2D eigenvalue weighted by atomic mass is 35.5. The summed E-state index contributed by atoms with van der Waals surface area (Å²) in [6.45, 7) is 6.60. The van der Waals surface area contributed by atoms with Crippen LogP contribution in [0.5, 0.6) is 5.75 Å². The molecule has 4 heteroatoms. The van der Waals surface area contributed by atoms with Gasteiger partial charge in [-0.3, -0.25) is 0 Å². The minimum absolute atomic E-state index is 0.118. The molecule has 1 aromatic rings. The molecule has 1 unspecified atom stereocenters. The van der Waals surface area contributed by atoms with Gasteiger partial charge in [-0.05, 0) is 26.0 Å². The Hall–Kier alpha value is -0.770. The van der Waals surface area contributed by atoms with Gasteiger partial charge in [0.15, 0.2) is 0 Å². The highest BCUT2D eigenvalue weighted by molar-refractivity contribution is 6.32. The third-order valence-corrected chi connectivity index (χ3v) is 3.47. The van der Waals surface area contributed by atoms with E-state index in [1.54, 1.807) is 13.0 Å². The summed E-state index contributed by atoms with van der Waals surface area (Å²) in [5.74, 6) is 0.766. The number of hydrogen-bond donors (Lipinski definition) is 2. The first-order chi connectivity index (χ1) is 8.38. The maximum absolute atomic E-state index is 10.2. The first-order valence-corrected chi connectivity index (χ1v) is 6.53. The normalized spacial score (nSPS) is 14.6. The van der Waals surface area contributed by atoms with Crippen molar-refractivity contribution in [2.75, 3.05) is 13.7 Å². The molecule has 0 aliphatic heterocycles. The van der Waals surface area contributed by atoms with Crippen molar-refractivity contribution < 1.29 is 9.84 Å². The van der Waals surface area contributed by atoms with E-state index in [1.807, 2.05) is 33.0 Å². The lowest BCUT2D eigenvalue weighted by Crippen LogP contribution is -2.38. The Morgan fingerprint density at radius 1 is 1.44 bits per heavy atom. The summed E-state index contributed by atoms with van der Waals surface area (Å²) in [6.07, 6.45) is 0. The predicted octanol–water partition coefficient (Wildman–Crippen LogP) is 2.85. The van der Waals surface area contributed by atoms with E-state index in [4.69, 9.17) is 16.3 Å². The quantitative estimate of drug-likeness (QED) is 0.836. The largest absolute Gasteiger partial charge is 0.489 e. The summed E-state index contributed by atoms with van der Waals surface area (Å²) in [6, 6.07) is 5.64. The third-order valence-electron chi connectivity index (χ3n) is 3.17. The van der Waals surface area contributed by atoms with E-state index in [2.05, 4.69) is 5.32 Å². The van der Waals surface area contributed by atoms with E-state index in [0.29, 0.717) is 17.3 Å². The highest BCUT2D eigenvalue weighted by Crippen LogP contribution is 2.30. The molecule has 2 N–H and O–H groups in total. The summed E-state index contributed by atoms with van der Waals surface area (Å²) in [4.78, 5) is 0. The maximum Gasteiger partial charge on any atom is 0.142 e. The SMILES string of the molecule is CNCc1cccc(Cl)c1OCC(C)(O)C(C)C. The molecule has 0 fully saturated rings. The number of hydrogen-bond acceptors (Lipinski definition) is 3. The van der Waals surface area contributed by atoms with Gasteiger partial charge in [0, 0.05) is 12.1 Å². The first kappa shape index (κ1) is 15.3. The molecule has 0 amide bonds. The molecule has 0 saturated carbocycles. The molecule has 0 heterocycles. The van der Waals surface area contributed by atoms with E-state index < -0.39 is 5.60 Å². The van der Waals surface area contributed by atoms with Crippen molar-refractivity contribution in [1.29, 1.82) is 0 Å². The van der Waals surface area contributed by atoms with Crippen molar-refractivity contribution in [2.24, 2.45) is 5.92 Å². The Labute approximate surface area is 114 Å². The minimum atomic E-state index is -0.865. The maximum atomic E-state index is 10.2. The zero-order valence-electron chi connectivity index (χ0n) is 11.5. The first-order valence-electron chi connectivity index (χ1n) is 6.15. The van der Waals surface area contributed by atoms with Crippen molar-refractivity contribution in [3.8, 4) is 5.75 Å². The summed E-state index contributed by atoms with van der Waals surface area (Å²) in [7, 11) is 1.87. The van der Waals surface area contributed by atoms with Gasteiger partial charge in [0.25, 0.3) is 0 Å². The van der Waals surface area contributed by atoms with Crippen molar-refractivity contribution in [3.05, 3.63) is 28.8 Å². The standard InChI is InChI=1S/C14H22ClNO2/c1-10(2)14(3,17)9-18-13-11(8-16-4)6-5-7-12(13)15/h5-7,10,16-17H,8-9H2,1-4H3. The Morgan fingerprint density at radius 2 is 2.11 bits per heavy atom. The smallest absolute Gasteiger partial charge is 0.142 e. The second-order valence-corrected chi connectivity index (χ2v) is 5.47. The van der Waals surface area contributed by atoms with Crippen LogP contribution < -0.4 is 10.1 Å². The molecule has 0 spiro atoms. The van der Waals surface area contributed by atoms with Crippen LogP contribution in [0, 0.1) is 5.92 Å². The van der Waals surface area contributed by atoms with Crippen LogP contribution >= 0.6 is 11.6 Å². The molecule has 1 rings (SSSR count). The van der Waals surface area contributed by atoms with E-state index in [0.717, 1.165) is 5.56 Å². The fraction of sp³-hybridized carbons (Fsp3) is 0.571. The third kappa shape index (κ3) is 3.87. The zero-order chi connectivity index (χ0) is 13.8. The number of halogens is 1. The number of nitrogens with one attached hydrogen (secondary N) is 1. The lowest BCUT2D eigenvalue weighted by Gasteiger charge is -2.28. The summed E-state index contributed by atoms with van der Waals surface area (Å²) >= 11 is 6.14. The van der Waals surface area contributed by atoms with Crippen LogP contribution in [-0.4, -0.2) is 24.4 Å². The average Bonchev–Trinajstić information content (AvgIpc) is 2.28. The molecule has 0 aromatic heterocycles. The van der Waals surface area contributed by atoms with Crippen LogP contribution in [0.1, 0.15) is 26.3 Å². The molecule has 3 nitrogen and oxygen atoms in total. The van der Waals surface area contributed by atoms with E-state index >= 15 is 0 Å². The van der Waals surface area contributed by atoms with Gasteiger partial charge < -0.3 is 15.2 Å². The van der Waals surface area contributed by atoms with Crippen LogP contribution in [0.2, 0.25) is 5.02 Å². The minimum Gasteiger partial charge on any atom is -0.489 e. The van der Waals surface area contributed by atoms with E-state index in [1.165, 1.54) is 0 Å². The predicted molar refractivity (Wildman–Crippen MR) is 75.2 cm³/mol. The molecule has 0 aliphatic rings.